The number of hydrogen-bond acceptors (Lipinski definition) is 10. The van der Waals surface area contributed by atoms with Gasteiger partial charge in [-0.3, -0.25) is 30.3 Å². The SMILES string of the molecule is O=C1OC(c2ccc(O)c([N+](=O)[O-])c2)(c2ccc(O)c([N+](=O)[O-])c2)c2ccc([N+](=O)[O-])cc21. The average molecular weight is 453 g/mol. The molecule has 0 saturated carbocycles. The third-order valence-corrected chi connectivity index (χ3v) is 5.22. The molecule has 0 aliphatic carbocycles. The van der Waals surface area contributed by atoms with E-state index in [-0.39, 0.29) is 22.3 Å². The second-order valence-corrected chi connectivity index (χ2v) is 6.98. The van der Waals surface area contributed by atoms with E-state index >= 15 is 0 Å². The number of nitrogens with zero attached hydrogens (tertiary/aromatic N) is 3. The Labute approximate surface area is 182 Å². The zero-order valence-electron chi connectivity index (χ0n) is 16.2. The third kappa shape index (κ3) is 3.15. The van der Waals surface area contributed by atoms with Crippen molar-refractivity contribution < 1.29 is 34.5 Å². The highest BCUT2D eigenvalue weighted by molar-refractivity contribution is 5.97. The molecule has 33 heavy (non-hydrogen) atoms. The summed E-state index contributed by atoms with van der Waals surface area (Å²) >= 11 is 0. The molecule has 13 heteroatoms. The number of nitro benzene ring substituents is 3. The van der Waals surface area contributed by atoms with Gasteiger partial charge in [-0.25, -0.2) is 4.79 Å². The average Bonchev–Trinajstić information content (AvgIpc) is 3.06. The number of hydrogen-bond donors (Lipinski definition) is 2. The number of phenols is 2. The summed E-state index contributed by atoms with van der Waals surface area (Å²) < 4.78 is 5.61. The summed E-state index contributed by atoms with van der Waals surface area (Å²) in [7, 11) is 0. The van der Waals surface area contributed by atoms with Gasteiger partial charge in [-0.15, -0.1) is 0 Å². The van der Waals surface area contributed by atoms with E-state index < -0.39 is 54.9 Å². The lowest BCUT2D eigenvalue weighted by Crippen LogP contribution is -2.29. The molecule has 0 spiro atoms. The van der Waals surface area contributed by atoms with Crippen LogP contribution in [0.1, 0.15) is 27.0 Å². The number of aromatic hydroxyl groups is 2. The van der Waals surface area contributed by atoms with Crippen molar-refractivity contribution in [3.63, 3.8) is 0 Å². The minimum Gasteiger partial charge on any atom is -0.502 e. The van der Waals surface area contributed by atoms with E-state index in [1.165, 1.54) is 18.2 Å². The molecule has 0 fully saturated rings. The van der Waals surface area contributed by atoms with Crippen LogP contribution in [-0.4, -0.2) is 31.0 Å². The fourth-order valence-electron chi connectivity index (χ4n) is 3.74. The maximum absolute atomic E-state index is 12.8. The summed E-state index contributed by atoms with van der Waals surface area (Å²) in [6.45, 7) is 0. The van der Waals surface area contributed by atoms with Gasteiger partial charge in [0, 0.05) is 41.0 Å². The van der Waals surface area contributed by atoms with Gasteiger partial charge in [0.1, 0.15) is 0 Å². The second kappa shape index (κ2) is 7.26. The smallest absolute Gasteiger partial charge is 0.340 e. The van der Waals surface area contributed by atoms with Crippen LogP contribution in [0.4, 0.5) is 17.1 Å². The quantitative estimate of drug-likeness (QED) is 0.328. The zero-order valence-corrected chi connectivity index (χ0v) is 16.2. The Bertz CT molecular complexity index is 1320. The van der Waals surface area contributed by atoms with Crippen LogP contribution in [0.3, 0.4) is 0 Å². The number of non-ortho nitro benzene ring substituents is 1. The first kappa shape index (κ1) is 21.2. The largest absolute Gasteiger partial charge is 0.502 e. The number of carbonyl (C=O) groups excluding carboxylic acids is 1. The molecule has 4 rings (SSSR count). The second-order valence-electron chi connectivity index (χ2n) is 6.98. The lowest BCUT2D eigenvalue weighted by molar-refractivity contribution is -0.386. The predicted octanol–water partition coefficient (Wildman–Crippen LogP) is 3.28. The summed E-state index contributed by atoms with van der Waals surface area (Å²) in [6.07, 6.45) is 0. The van der Waals surface area contributed by atoms with Crippen LogP contribution in [-0.2, 0) is 10.3 Å². The monoisotopic (exact) mass is 453 g/mol. The molecule has 3 aromatic rings. The first-order chi connectivity index (χ1) is 15.6. The fourth-order valence-corrected chi connectivity index (χ4v) is 3.74. The number of ether oxygens (including phenoxy) is 1. The molecule has 13 nitrogen and oxygen atoms in total. The van der Waals surface area contributed by atoms with Gasteiger partial charge in [-0.2, -0.15) is 0 Å². The molecule has 2 N–H and O–H groups in total. The molecule has 1 heterocycles. The minimum absolute atomic E-state index is 0.0260. The van der Waals surface area contributed by atoms with E-state index in [2.05, 4.69) is 0 Å². The number of esters is 1. The van der Waals surface area contributed by atoms with Crippen LogP contribution in [0.15, 0.2) is 54.6 Å². The molecular formula is C20H11N3O10. The van der Waals surface area contributed by atoms with Crippen LogP contribution in [0, 0.1) is 30.3 Å². The van der Waals surface area contributed by atoms with Gasteiger partial charge in [0.05, 0.1) is 20.3 Å². The van der Waals surface area contributed by atoms with Gasteiger partial charge in [0.2, 0.25) is 0 Å². The standard InChI is InChI=1S/C20H11N3O10/c24-17-5-1-10(7-15(17)22(29)30)20(11-2-6-18(25)16(8-11)23(31)32)14-4-3-12(21(27)28)9-13(14)19(26)33-20/h1-9,24-25H. The van der Waals surface area contributed by atoms with Gasteiger partial charge in [0.25, 0.3) is 5.69 Å². The lowest BCUT2D eigenvalue weighted by Gasteiger charge is -2.30. The summed E-state index contributed by atoms with van der Waals surface area (Å²) in [6, 6.07) is 9.51. The summed E-state index contributed by atoms with van der Waals surface area (Å²) in [4.78, 5) is 44.2. The Morgan fingerprint density at radius 3 is 1.70 bits per heavy atom. The van der Waals surface area contributed by atoms with E-state index in [0.29, 0.717) is 0 Å². The third-order valence-electron chi connectivity index (χ3n) is 5.22. The van der Waals surface area contributed by atoms with E-state index in [4.69, 9.17) is 4.74 Å². The van der Waals surface area contributed by atoms with Crippen molar-refractivity contribution in [3.05, 3.63) is 107 Å². The number of cyclic esters (lactones) is 1. The highest BCUT2D eigenvalue weighted by Crippen LogP contribution is 2.50. The number of rotatable bonds is 5. The molecule has 0 unspecified atom stereocenters. The van der Waals surface area contributed by atoms with Crippen LogP contribution in [0.25, 0.3) is 0 Å². The Kier molecular flexibility index (Phi) is 4.66. The Morgan fingerprint density at radius 2 is 1.24 bits per heavy atom. The summed E-state index contributed by atoms with van der Waals surface area (Å²) in [5.41, 5.74) is -4.21. The maximum Gasteiger partial charge on any atom is 0.340 e. The van der Waals surface area contributed by atoms with Gasteiger partial charge < -0.3 is 14.9 Å². The number of phenolic OH excluding ortho intramolecular Hbond substituents is 2. The van der Waals surface area contributed by atoms with Crippen molar-refractivity contribution in [2.24, 2.45) is 0 Å². The molecule has 1 aliphatic rings. The van der Waals surface area contributed by atoms with Crippen molar-refractivity contribution in [2.45, 2.75) is 5.60 Å². The van der Waals surface area contributed by atoms with Crippen molar-refractivity contribution >= 4 is 23.0 Å². The van der Waals surface area contributed by atoms with E-state index in [1.54, 1.807) is 0 Å². The highest BCUT2D eigenvalue weighted by atomic mass is 16.6. The van der Waals surface area contributed by atoms with Crippen LogP contribution >= 0.6 is 0 Å². The fraction of sp³-hybridized carbons (Fsp3) is 0.0500. The number of nitro groups is 3. The Hall–Kier alpha value is -5.07. The van der Waals surface area contributed by atoms with Gasteiger partial charge in [-0.1, -0.05) is 12.1 Å². The van der Waals surface area contributed by atoms with Crippen molar-refractivity contribution in [1.82, 2.24) is 0 Å². The Balaban J connectivity index is 2.09. The molecule has 0 saturated heterocycles. The van der Waals surface area contributed by atoms with Crippen molar-refractivity contribution in [1.29, 1.82) is 0 Å². The van der Waals surface area contributed by atoms with Crippen LogP contribution < -0.4 is 0 Å². The molecule has 166 valence electrons. The molecule has 0 bridgehead atoms. The Morgan fingerprint density at radius 1 is 0.727 bits per heavy atom. The van der Waals surface area contributed by atoms with E-state index in [0.717, 1.165) is 36.4 Å². The molecule has 0 amide bonds. The summed E-state index contributed by atoms with van der Waals surface area (Å²) in [5, 5.41) is 53.7. The predicted molar refractivity (Wildman–Crippen MR) is 108 cm³/mol. The topological polar surface area (TPSA) is 196 Å². The lowest BCUT2D eigenvalue weighted by atomic mass is 9.79. The van der Waals surface area contributed by atoms with Gasteiger partial charge >= 0.3 is 17.3 Å². The number of fused-ring (bicyclic) bond motifs is 1. The van der Waals surface area contributed by atoms with Gasteiger partial charge in [0.15, 0.2) is 17.1 Å². The molecule has 0 aromatic heterocycles. The van der Waals surface area contributed by atoms with Crippen molar-refractivity contribution in [2.75, 3.05) is 0 Å². The molecule has 3 aromatic carbocycles. The van der Waals surface area contributed by atoms with Crippen LogP contribution in [0.2, 0.25) is 0 Å². The van der Waals surface area contributed by atoms with Crippen LogP contribution in [0.5, 0.6) is 11.5 Å². The number of benzene rings is 3. The van der Waals surface area contributed by atoms with E-state index in [9.17, 15) is 45.4 Å². The zero-order chi connectivity index (χ0) is 24.1. The van der Waals surface area contributed by atoms with E-state index in [1.807, 2.05) is 0 Å². The summed E-state index contributed by atoms with van der Waals surface area (Å²) in [5.74, 6) is -2.37. The maximum atomic E-state index is 12.8. The molecule has 0 radical (unpaired) electrons. The first-order valence-electron chi connectivity index (χ1n) is 9.04. The van der Waals surface area contributed by atoms with Gasteiger partial charge in [-0.05, 0) is 18.2 Å². The molecule has 0 atom stereocenters. The molecular weight excluding hydrogens is 442 g/mol. The molecule has 1 aliphatic heterocycles. The normalized spacial score (nSPS) is 13.8. The first-order valence-corrected chi connectivity index (χ1v) is 9.04. The number of carbonyl (C=O) groups is 1. The van der Waals surface area contributed by atoms with Crippen molar-refractivity contribution in [3.8, 4) is 11.5 Å². The highest BCUT2D eigenvalue weighted by Gasteiger charge is 2.50. The minimum atomic E-state index is -2.00.